The van der Waals surface area contributed by atoms with Gasteiger partial charge in [-0.05, 0) is 38.0 Å². The third-order valence-corrected chi connectivity index (χ3v) is 8.21. The molecule has 0 bridgehead atoms. The lowest BCUT2D eigenvalue weighted by Crippen LogP contribution is -2.71. The van der Waals surface area contributed by atoms with E-state index in [0.29, 0.717) is 42.2 Å². The maximum Gasteiger partial charge on any atom is 0.191 e. The Morgan fingerprint density at radius 1 is 1.20 bits per heavy atom. The minimum atomic E-state index is -2.83. The van der Waals surface area contributed by atoms with Crippen LogP contribution < -0.4 is 10.6 Å². The molecule has 25 heavy (non-hydrogen) atoms. The van der Waals surface area contributed by atoms with Crippen LogP contribution in [0.2, 0.25) is 0 Å². The average Bonchev–Trinajstić information content (AvgIpc) is 3.31. The first-order valence-electron chi connectivity index (χ1n) is 9.75. The van der Waals surface area contributed by atoms with Crippen molar-refractivity contribution >= 4 is 15.8 Å². The SMILES string of the molecule is CC1(C)C(NC(=NCC2CCS(=O)(=O)C2)NC2CC2)C2CCCOC21. The fourth-order valence-electron chi connectivity index (χ4n) is 4.75. The van der Waals surface area contributed by atoms with Gasteiger partial charge >= 0.3 is 0 Å². The zero-order valence-corrected chi connectivity index (χ0v) is 16.1. The highest BCUT2D eigenvalue weighted by Crippen LogP contribution is 2.51. The van der Waals surface area contributed by atoms with Crippen molar-refractivity contribution < 1.29 is 13.2 Å². The van der Waals surface area contributed by atoms with Crippen LogP contribution in [-0.4, -0.2) is 57.2 Å². The summed E-state index contributed by atoms with van der Waals surface area (Å²) in [5.74, 6) is 2.21. The molecular formula is C18H31N3O3S. The standard InChI is InChI=1S/C18H31N3O3S/c1-18(2)15(14-4-3-8-24-16(14)18)21-17(20-13-5-6-13)19-10-12-7-9-25(22,23)11-12/h12-16H,3-11H2,1-2H3,(H2,19,20,21). The van der Waals surface area contributed by atoms with Gasteiger partial charge in [0.05, 0.1) is 17.6 Å². The van der Waals surface area contributed by atoms with Crippen molar-refractivity contribution in [2.45, 2.75) is 64.1 Å². The predicted molar refractivity (Wildman–Crippen MR) is 98.4 cm³/mol. The van der Waals surface area contributed by atoms with Crippen molar-refractivity contribution in [1.29, 1.82) is 0 Å². The van der Waals surface area contributed by atoms with Gasteiger partial charge < -0.3 is 15.4 Å². The molecule has 2 saturated heterocycles. The number of aliphatic imine (C=N–C) groups is 1. The molecule has 0 aromatic carbocycles. The van der Waals surface area contributed by atoms with Crippen LogP contribution in [0.3, 0.4) is 0 Å². The van der Waals surface area contributed by atoms with E-state index in [4.69, 9.17) is 9.73 Å². The lowest BCUT2D eigenvalue weighted by atomic mass is 9.55. The van der Waals surface area contributed by atoms with Crippen LogP contribution in [0, 0.1) is 17.3 Å². The fourth-order valence-corrected chi connectivity index (χ4v) is 6.60. The maximum absolute atomic E-state index is 11.7. The zero-order valence-electron chi connectivity index (χ0n) is 15.3. The minimum Gasteiger partial charge on any atom is -0.377 e. The molecule has 2 aliphatic heterocycles. The summed E-state index contributed by atoms with van der Waals surface area (Å²) < 4.78 is 29.3. The van der Waals surface area contributed by atoms with E-state index in [-0.39, 0.29) is 11.3 Å². The van der Waals surface area contributed by atoms with Crippen LogP contribution >= 0.6 is 0 Å². The second-order valence-electron chi connectivity index (χ2n) is 8.92. The molecule has 2 heterocycles. The number of nitrogens with one attached hydrogen (secondary N) is 2. The molecule has 4 atom stereocenters. The maximum atomic E-state index is 11.7. The first kappa shape index (κ1) is 17.6. The number of fused-ring (bicyclic) bond motifs is 1. The van der Waals surface area contributed by atoms with Gasteiger partial charge in [-0.2, -0.15) is 0 Å². The number of hydrogen-bond acceptors (Lipinski definition) is 4. The summed E-state index contributed by atoms with van der Waals surface area (Å²) in [5.41, 5.74) is 0.105. The molecule has 2 N–H and O–H groups in total. The van der Waals surface area contributed by atoms with Gasteiger partial charge in [0.1, 0.15) is 0 Å². The molecular weight excluding hydrogens is 338 g/mol. The lowest BCUT2D eigenvalue weighted by Gasteiger charge is -2.60. The largest absolute Gasteiger partial charge is 0.377 e. The molecule has 7 heteroatoms. The molecule has 0 radical (unpaired) electrons. The van der Waals surface area contributed by atoms with Crippen molar-refractivity contribution in [2.24, 2.45) is 22.2 Å². The van der Waals surface area contributed by atoms with E-state index in [9.17, 15) is 8.42 Å². The van der Waals surface area contributed by atoms with Gasteiger partial charge in [0.25, 0.3) is 0 Å². The lowest BCUT2D eigenvalue weighted by molar-refractivity contribution is -0.188. The quantitative estimate of drug-likeness (QED) is 0.577. The monoisotopic (exact) mass is 369 g/mol. The van der Waals surface area contributed by atoms with E-state index in [1.165, 1.54) is 19.3 Å². The van der Waals surface area contributed by atoms with Gasteiger partial charge in [0.15, 0.2) is 15.8 Å². The van der Waals surface area contributed by atoms with Crippen LogP contribution in [0.5, 0.6) is 0 Å². The molecule has 4 unspecified atom stereocenters. The van der Waals surface area contributed by atoms with Crippen molar-refractivity contribution in [3.05, 3.63) is 0 Å². The summed E-state index contributed by atoms with van der Waals surface area (Å²) in [6.07, 6.45) is 5.83. The minimum absolute atomic E-state index is 0.105. The van der Waals surface area contributed by atoms with Gasteiger partial charge in [-0.1, -0.05) is 13.8 Å². The molecule has 2 aliphatic carbocycles. The Balaban J connectivity index is 1.41. The van der Waals surface area contributed by atoms with E-state index in [1.54, 1.807) is 0 Å². The molecule has 142 valence electrons. The zero-order chi connectivity index (χ0) is 17.7. The van der Waals surface area contributed by atoms with E-state index in [0.717, 1.165) is 25.4 Å². The molecule has 4 fully saturated rings. The summed E-state index contributed by atoms with van der Waals surface area (Å²) in [6, 6.07) is 0.898. The normalized spacial score (nSPS) is 39.4. The fraction of sp³-hybridized carbons (Fsp3) is 0.944. The Kier molecular flexibility index (Phi) is 4.51. The smallest absolute Gasteiger partial charge is 0.191 e. The number of rotatable bonds is 4. The third kappa shape index (κ3) is 3.68. The highest BCUT2D eigenvalue weighted by atomic mass is 32.2. The van der Waals surface area contributed by atoms with E-state index in [2.05, 4.69) is 24.5 Å². The first-order valence-corrected chi connectivity index (χ1v) is 11.6. The number of guanidine groups is 1. The Labute approximate surface area is 151 Å². The third-order valence-electron chi connectivity index (χ3n) is 6.38. The summed E-state index contributed by atoms with van der Waals surface area (Å²) in [5, 5.41) is 7.19. The van der Waals surface area contributed by atoms with Crippen molar-refractivity contribution in [3.63, 3.8) is 0 Å². The van der Waals surface area contributed by atoms with Gasteiger partial charge in [0, 0.05) is 36.6 Å². The second kappa shape index (κ2) is 6.41. The van der Waals surface area contributed by atoms with Crippen molar-refractivity contribution in [1.82, 2.24) is 10.6 Å². The second-order valence-corrected chi connectivity index (χ2v) is 11.1. The summed E-state index contributed by atoms with van der Waals surface area (Å²) in [6.45, 7) is 6.03. The van der Waals surface area contributed by atoms with Crippen molar-refractivity contribution in [3.8, 4) is 0 Å². The van der Waals surface area contributed by atoms with Crippen LogP contribution in [0.15, 0.2) is 4.99 Å². The number of nitrogens with zero attached hydrogens (tertiary/aromatic N) is 1. The van der Waals surface area contributed by atoms with Gasteiger partial charge in [-0.15, -0.1) is 0 Å². The van der Waals surface area contributed by atoms with Gasteiger partial charge in [0.2, 0.25) is 0 Å². The number of hydrogen-bond donors (Lipinski definition) is 2. The number of ether oxygens (including phenoxy) is 1. The number of sulfone groups is 1. The first-order chi connectivity index (χ1) is 11.9. The predicted octanol–water partition coefficient (Wildman–Crippen LogP) is 1.32. The molecule has 2 saturated carbocycles. The highest BCUT2D eigenvalue weighted by Gasteiger charge is 2.58. The molecule has 0 amide bonds. The summed E-state index contributed by atoms with van der Waals surface area (Å²) in [4.78, 5) is 4.77. The topological polar surface area (TPSA) is 79.8 Å². The van der Waals surface area contributed by atoms with E-state index >= 15 is 0 Å². The summed E-state index contributed by atoms with van der Waals surface area (Å²) >= 11 is 0. The van der Waals surface area contributed by atoms with Crippen LogP contribution in [0.4, 0.5) is 0 Å². The molecule has 6 nitrogen and oxygen atoms in total. The molecule has 0 spiro atoms. The molecule has 4 rings (SSSR count). The highest BCUT2D eigenvalue weighted by molar-refractivity contribution is 7.91. The van der Waals surface area contributed by atoms with E-state index in [1.807, 2.05) is 0 Å². The molecule has 0 aromatic heterocycles. The molecule has 0 aromatic rings. The van der Waals surface area contributed by atoms with Crippen molar-refractivity contribution in [2.75, 3.05) is 24.7 Å². The molecule has 4 aliphatic rings. The Hall–Kier alpha value is -0.820. The van der Waals surface area contributed by atoms with Crippen LogP contribution in [0.1, 0.15) is 46.0 Å². The van der Waals surface area contributed by atoms with Gasteiger partial charge in [-0.25, -0.2) is 8.42 Å². The average molecular weight is 370 g/mol. The summed E-state index contributed by atoms with van der Waals surface area (Å²) in [7, 11) is -2.83. The van der Waals surface area contributed by atoms with E-state index < -0.39 is 9.84 Å². The van der Waals surface area contributed by atoms with Gasteiger partial charge in [-0.3, -0.25) is 4.99 Å². The Bertz CT molecular complexity index is 642. The Morgan fingerprint density at radius 3 is 2.68 bits per heavy atom. The Morgan fingerprint density at radius 2 is 2.00 bits per heavy atom. The van der Waals surface area contributed by atoms with Crippen LogP contribution in [-0.2, 0) is 14.6 Å². The van der Waals surface area contributed by atoms with Crippen LogP contribution in [0.25, 0.3) is 0 Å².